The smallest absolute Gasteiger partial charge is 0.269 e. The standard InChI is InChI=1S/C34H24N2O5/c1-20-13-15-22(16-14-20)31(37)30-29(23-8-6-9-24(19-23)36(40)41)34(32(38)25-10-3-4-11-26(25)33(34)39)28-18-17-21-7-2-5-12-27(21)35(28)30/h2-19,28-30H,1H3/t28-,29-,30+/m0/s1. The number of aryl methyl sites for hydroxylation is 1. The molecule has 7 heteroatoms. The second kappa shape index (κ2) is 8.93. The average Bonchev–Trinajstić information content (AvgIpc) is 3.43. The van der Waals surface area contributed by atoms with Crippen LogP contribution in [0.3, 0.4) is 0 Å². The van der Waals surface area contributed by atoms with Crippen LogP contribution < -0.4 is 4.90 Å². The van der Waals surface area contributed by atoms with Crippen LogP contribution in [0.2, 0.25) is 0 Å². The Balaban J connectivity index is 1.56. The Bertz CT molecular complexity index is 1790. The second-order valence-electron chi connectivity index (χ2n) is 10.8. The first-order valence-corrected chi connectivity index (χ1v) is 13.4. The number of rotatable bonds is 4. The molecule has 0 N–H and O–H groups in total. The van der Waals surface area contributed by atoms with Gasteiger partial charge in [-0.25, -0.2) is 0 Å². The number of nitrogens with zero attached hydrogens (tertiary/aromatic N) is 2. The minimum Gasteiger partial charge on any atom is -0.352 e. The van der Waals surface area contributed by atoms with Gasteiger partial charge in [-0.1, -0.05) is 96.6 Å². The fourth-order valence-electron chi connectivity index (χ4n) is 7.01. The number of Topliss-reactive ketones (excluding diaryl/α,β-unsaturated/α-hetero) is 3. The van der Waals surface area contributed by atoms with E-state index in [9.17, 15) is 24.5 Å². The first-order chi connectivity index (χ1) is 19.8. The molecule has 0 amide bonds. The van der Waals surface area contributed by atoms with Crippen LogP contribution >= 0.6 is 0 Å². The maximum atomic E-state index is 14.6. The normalized spacial score (nSPS) is 21.5. The number of para-hydroxylation sites is 1. The molecule has 1 saturated heterocycles. The molecule has 2 aliphatic heterocycles. The fraction of sp³-hybridized carbons (Fsp3) is 0.147. The van der Waals surface area contributed by atoms with E-state index >= 15 is 0 Å². The molecule has 1 aliphatic carbocycles. The van der Waals surface area contributed by atoms with Crippen LogP contribution in [-0.2, 0) is 0 Å². The highest BCUT2D eigenvalue weighted by Crippen LogP contribution is 2.61. The van der Waals surface area contributed by atoms with Crippen LogP contribution in [-0.4, -0.2) is 34.4 Å². The number of nitro benzene ring substituents is 1. The summed E-state index contributed by atoms with van der Waals surface area (Å²) in [5.41, 5.74) is 2.16. The molecule has 1 fully saturated rings. The number of hydrogen-bond donors (Lipinski definition) is 0. The Morgan fingerprint density at radius 3 is 2.20 bits per heavy atom. The highest BCUT2D eigenvalue weighted by Gasteiger charge is 2.71. The molecule has 0 bridgehead atoms. The van der Waals surface area contributed by atoms with Gasteiger partial charge in [0.2, 0.25) is 0 Å². The van der Waals surface area contributed by atoms with Crippen molar-refractivity contribution in [3.8, 4) is 0 Å². The van der Waals surface area contributed by atoms with Crippen LogP contribution in [0.5, 0.6) is 0 Å². The van der Waals surface area contributed by atoms with Crippen LogP contribution in [0.1, 0.15) is 53.7 Å². The largest absolute Gasteiger partial charge is 0.352 e. The van der Waals surface area contributed by atoms with Crippen molar-refractivity contribution >= 4 is 34.8 Å². The van der Waals surface area contributed by atoms with Crippen LogP contribution in [0, 0.1) is 22.5 Å². The SMILES string of the molecule is Cc1ccc(C(=O)[C@H]2[C@H](c3cccc([N+](=O)[O-])c3)C3(C(=O)c4ccccc4C3=O)[C@@H]3C=Cc4ccccc4N32)cc1. The van der Waals surface area contributed by atoms with Gasteiger partial charge in [-0.05, 0) is 24.1 Å². The summed E-state index contributed by atoms with van der Waals surface area (Å²) in [6, 6.07) is 25.8. The van der Waals surface area contributed by atoms with Gasteiger partial charge in [0.05, 0.1) is 11.0 Å². The summed E-state index contributed by atoms with van der Waals surface area (Å²) in [5, 5.41) is 11.9. The van der Waals surface area contributed by atoms with Crippen LogP contribution in [0.4, 0.5) is 11.4 Å². The molecule has 0 saturated carbocycles. The van der Waals surface area contributed by atoms with Crippen LogP contribution in [0.15, 0.2) is 103 Å². The second-order valence-corrected chi connectivity index (χ2v) is 10.8. The van der Waals surface area contributed by atoms with Crippen molar-refractivity contribution in [1.29, 1.82) is 0 Å². The molecule has 2 heterocycles. The number of anilines is 1. The molecular formula is C34H24N2O5. The third kappa shape index (κ3) is 3.35. The summed E-state index contributed by atoms with van der Waals surface area (Å²) in [7, 11) is 0. The lowest BCUT2D eigenvalue weighted by Gasteiger charge is -2.37. The first-order valence-electron chi connectivity index (χ1n) is 13.4. The van der Waals surface area contributed by atoms with E-state index in [1.165, 1.54) is 12.1 Å². The zero-order valence-corrected chi connectivity index (χ0v) is 22.1. The van der Waals surface area contributed by atoms with Gasteiger partial charge in [0, 0.05) is 40.4 Å². The van der Waals surface area contributed by atoms with E-state index in [1.807, 2.05) is 60.4 Å². The maximum Gasteiger partial charge on any atom is 0.269 e. The molecule has 3 aliphatic rings. The average molecular weight is 541 g/mol. The number of carbonyl (C=O) groups is 3. The maximum absolute atomic E-state index is 14.6. The van der Waals surface area contributed by atoms with Gasteiger partial charge in [-0.3, -0.25) is 24.5 Å². The Morgan fingerprint density at radius 2 is 1.51 bits per heavy atom. The monoisotopic (exact) mass is 540 g/mol. The summed E-state index contributed by atoms with van der Waals surface area (Å²) in [5.74, 6) is -1.99. The van der Waals surface area contributed by atoms with Crippen molar-refractivity contribution in [3.63, 3.8) is 0 Å². The molecule has 0 aromatic heterocycles. The Morgan fingerprint density at radius 1 is 0.854 bits per heavy atom. The lowest BCUT2D eigenvalue weighted by atomic mass is 9.64. The van der Waals surface area contributed by atoms with Crippen molar-refractivity contribution < 1.29 is 19.3 Å². The van der Waals surface area contributed by atoms with E-state index in [4.69, 9.17) is 0 Å². The zero-order chi connectivity index (χ0) is 28.5. The lowest BCUT2D eigenvalue weighted by Crippen LogP contribution is -2.48. The highest BCUT2D eigenvalue weighted by molar-refractivity contribution is 6.32. The van der Waals surface area contributed by atoms with E-state index in [1.54, 1.807) is 48.5 Å². The van der Waals surface area contributed by atoms with Gasteiger partial charge in [-0.2, -0.15) is 0 Å². The van der Waals surface area contributed by atoms with E-state index < -0.39 is 28.3 Å². The summed E-state index contributed by atoms with van der Waals surface area (Å²) in [6.07, 6.45) is 3.74. The van der Waals surface area contributed by atoms with E-state index in [2.05, 4.69) is 0 Å². The summed E-state index contributed by atoms with van der Waals surface area (Å²) >= 11 is 0. The summed E-state index contributed by atoms with van der Waals surface area (Å²) < 4.78 is 0. The molecule has 7 nitrogen and oxygen atoms in total. The van der Waals surface area contributed by atoms with E-state index in [-0.39, 0.29) is 23.0 Å². The molecule has 200 valence electrons. The molecule has 3 atom stereocenters. The summed E-state index contributed by atoms with van der Waals surface area (Å²) in [6.45, 7) is 1.93. The number of carbonyl (C=O) groups excluding carboxylic acids is 3. The van der Waals surface area contributed by atoms with Gasteiger partial charge >= 0.3 is 0 Å². The van der Waals surface area contributed by atoms with Gasteiger partial charge in [0.15, 0.2) is 17.3 Å². The third-order valence-electron chi connectivity index (χ3n) is 8.76. The molecule has 4 aromatic rings. The van der Waals surface area contributed by atoms with Crippen LogP contribution in [0.25, 0.3) is 6.08 Å². The topological polar surface area (TPSA) is 97.6 Å². The number of ketones is 3. The molecule has 0 radical (unpaired) electrons. The van der Waals surface area contributed by atoms with Gasteiger partial charge in [0.25, 0.3) is 5.69 Å². The molecule has 4 aromatic carbocycles. The predicted octanol–water partition coefficient (Wildman–Crippen LogP) is 6.22. The minimum absolute atomic E-state index is 0.171. The number of fused-ring (bicyclic) bond motifs is 5. The molecule has 1 spiro atoms. The summed E-state index contributed by atoms with van der Waals surface area (Å²) in [4.78, 5) is 57.1. The highest BCUT2D eigenvalue weighted by atomic mass is 16.6. The van der Waals surface area contributed by atoms with Gasteiger partial charge in [-0.15, -0.1) is 0 Å². The third-order valence-corrected chi connectivity index (χ3v) is 8.76. The molecule has 41 heavy (non-hydrogen) atoms. The predicted molar refractivity (Wildman–Crippen MR) is 154 cm³/mol. The quantitative estimate of drug-likeness (QED) is 0.132. The Labute approximate surface area is 235 Å². The zero-order valence-electron chi connectivity index (χ0n) is 22.1. The molecule has 7 rings (SSSR count). The van der Waals surface area contributed by atoms with E-state index in [0.29, 0.717) is 22.3 Å². The molecule has 0 unspecified atom stereocenters. The number of benzene rings is 4. The van der Waals surface area contributed by atoms with Crippen molar-refractivity contribution in [1.82, 2.24) is 0 Å². The van der Waals surface area contributed by atoms with Crippen molar-refractivity contribution in [2.75, 3.05) is 4.90 Å². The minimum atomic E-state index is -1.70. The van der Waals surface area contributed by atoms with Crippen molar-refractivity contribution in [2.45, 2.75) is 24.9 Å². The number of nitro groups is 1. The Hall–Kier alpha value is -5.17. The lowest BCUT2D eigenvalue weighted by molar-refractivity contribution is -0.384. The van der Waals surface area contributed by atoms with Crippen molar-refractivity contribution in [2.24, 2.45) is 5.41 Å². The number of non-ortho nitro benzene ring substituents is 1. The van der Waals surface area contributed by atoms with Gasteiger partial charge in [0.1, 0.15) is 11.5 Å². The number of hydrogen-bond acceptors (Lipinski definition) is 6. The fourth-order valence-corrected chi connectivity index (χ4v) is 7.01. The van der Waals surface area contributed by atoms with E-state index in [0.717, 1.165) is 16.8 Å². The first kappa shape index (κ1) is 24.8. The van der Waals surface area contributed by atoms with Crippen molar-refractivity contribution in [3.05, 3.63) is 147 Å². The van der Waals surface area contributed by atoms with Gasteiger partial charge < -0.3 is 4.90 Å². The molecular weight excluding hydrogens is 516 g/mol. The Kier molecular flexibility index (Phi) is 5.41.